The summed E-state index contributed by atoms with van der Waals surface area (Å²) < 4.78 is 4.40. The first kappa shape index (κ1) is 12.5. The van der Waals surface area contributed by atoms with E-state index in [2.05, 4.69) is 14.9 Å². The molecule has 0 saturated carbocycles. The molecule has 16 heavy (non-hydrogen) atoms. The van der Waals surface area contributed by atoms with Gasteiger partial charge in [-0.1, -0.05) is 11.6 Å². The zero-order valence-corrected chi connectivity index (χ0v) is 9.91. The average Bonchev–Trinajstić information content (AvgIpc) is 2.65. The first-order valence-corrected chi connectivity index (χ1v) is 5.23. The van der Waals surface area contributed by atoms with Gasteiger partial charge in [0.25, 0.3) is 0 Å². The standard InChI is InChI=1S/C7H5ClN2.C4H8O2/c8-6-1-2-7-5(3-6)4-9-10-7;1-3-6-4(2)5/h1-4H,(H,9,10);3H2,1-2H3. The van der Waals surface area contributed by atoms with E-state index < -0.39 is 0 Å². The van der Waals surface area contributed by atoms with Gasteiger partial charge in [0, 0.05) is 17.3 Å². The first-order chi connectivity index (χ1) is 7.63. The van der Waals surface area contributed by atoms with E-state index in [1.54, 1.807) is 13.1 Å². The Kier molecular flexibility index (Phi) is 4.79. The summed E-state index contributed by atoms with van der Waals surface area (Å²) in [6.07, 6.45) is 1.75. The molecule has 1 aromatic heterocycles. The van der Waals surface area contributed by atoms with Crippen LogP contribution in [0.3, 0.4) is 0 Å². The van der Waals surface area contributed by atoms with Crippen molar-refractivity contribution in [3.63, 3.8) is 0 Å². The zero-order chi connectivity index (χ0) is 12.0. The molecule has 0 bridgehead atoms. The molecular weight excluding hydrogens is 228 g/mol. The van der Waals surface area contributed by atoms with Crippen molar-refractivity contribution in [2.75, 3.05) is 6.61 Å². The minimum Gasteiger partial charge on any atom is -0.466 e. The van der Waals surface area contributed by atoms with Gasteiger partial charge in [0.15, 0.2) is 0 Å². The van der Waals surface area contributed by atoms with Gasteiger partial charge in [-0.3, -0.25) is 9.89 Å². The molecule has 86 valence electrons. The van der Waals surface area contributed by atoms with E-state index >= 15 is 0 Å². The highest BCUT2D eigenvalue weighted by molar-refractivity contribution is 6.31. The molecule has 2 rings (SSSR count). The van der Waals surface area contributed by atoms with E-state index in [0.717, 1.165) is 15.9 Å². The number of esters is 1. The molecule has 0 fully saturated rings. The van der Waals surface area contributed by atoms with E-state index in [4.69, 9.17) is 11.6 Å². The van der Waals surface area contributed by atoms with Crippen LogP contribution >= 0.6 is 11.6 Å². The van der Waals surface area contributed by atoms with Crippen molar-refractivity contribution in [2.24, 2.45) is 0 Å². The topological polar surface area (TPSA) is 55.0 Å². The molecule has 0 aliphatic carbocycles. The van der Waals surface area contributed by atoms with Crippen LogP contribution in [0.15, 0.2) is 24.4 Å². The minimum absolute atomic E-state index is 0.211. The molecule has 0 aliphatic rings. The van der Waals surface area contributed by atoms with Gasteiger partial charge in [0.1, 0.15) is 0 Å². The monoisotopic (exact) mass is 240 g/mol. The molecule has 0 amide bonds. The van der Waals surface area contributed by atoms with E-state index in [9.17, 15) is 4.79 Å². The highest BCUT2D eigenvalue weighted by Crippen LogP contribution is 2.15. The molecule has 1 aromatic carbocycles. The van der Waals surface area contributed by atoms with E-state index in [1.807, 2.05) is 18.2 Å². The SMILES string of the molecule is CCOC(C)=O.Clc1ccc2[nH]ncc2c1. The summed E-state index contributed by atoms with van der Waals surface area (Å²) in [5.41, 5.74) is 1.02. The molecule has 0 atom stereocenters. The lowest BCUT2D eigenvalue weighted by molar-refractivity contribution is -0.140. The molecule has 0 unspecified atom stereocenters. The average molecular weight is 241 g/mol. The van der Waals surface area contributed by atoms with Crippen molar-refractivity contribution in [1.82, 2.24) is 10.2 Å². The van der Waals surface area contributed by atoms with Gasteiger partial charge in [-0.25, -0.2) is 0 Å². The lowest BCUT2D eigenvalue weighted by Gasteiger charge is -1.89. The van der Waals surface area contributed by atoms with Crippen LogP contribution in [0.4, 0.5) is 0 Å². The Bertz CT molecular complexity index is 468. The third-order valence-electron chi connectivity index (χ3n) is 1.75. The molecule has 0 spiro atoms. The Morgan fingerprint density at radius 3 is 2.88 bits per heavy atom. The predicted molar refractivity (Wildman–Crippen MR) is 63.4 cm³/mol. The summed E-state index contributed by atoms with van der Waals surface area (Å²) in [6.45, 7) is 3.65. The Balaban J connectivity index is 0.000000187. The third-order valence-corrected chi connectivity index (χ3v) is 1.98. The van der Waals surface area contributed by atoms with Crippen LogP contribution < -0.4 is 0 Å². The summed E-state index contributed by atoms with van der Waals surface area (Å²) >= 11 is 5.73. The third kappa shape index (κ3) is 3.90. The normalized spacial score (nSPS) is 9.44. The maximum absolute atomic E-state index is 9.82. The molecular formula is C11H13ClN2O2. The highest BCUT2D eigenvalue weighted by Gasteiger charge is 1.93. The van der Waals surface area contributed by atoms with Crippen LogP contribution in [-0.2, 0) is 9.53 Å². The van der Waals surface area contributed by atoms with Gasteiger partial charge in [0.05, 0.1) is 18.3 Å². The second-order valence-electron chi connectivity index (χ2n) is 3.03. The molecule has 0 saturated heterocycles. The summed E-state index contributed by atoms with van der Waals surface area (Å²) in [5, 5.41) is 8.49. The summed E-state index contributed by atoms with van der Waals surface area (Å²) in [4.78, 5) is 9.82. The number of rotatable bonds is 1. The van der Waals surface area contributed by atoms with Crippen LogP contribution in [0.1, 0.15) is 13.8 Å². The number of H-pyrrole nitrogens is 1. The van der Waals surface area contributed by atoms with Crippen LogP contribution in [-0.4, -0.2) is 22.8 Å². The number of aromatic nitrogens is 2. The van der Waals surface area contributed by atoms with Crippen molar-refractivity contribution in [3.8, 4) is 0 Å². The quantitative estimate of drug-likeness (QED) is 0.780. The minimum atomic E-state index is -0.211. The lowest BCUT2D eigenvalue weighted by atomic mass is 10.3. The zero-order valence-electron chi connectivity index (χ0n) is 9.16. The molecule has 0 aliphatic heterocycles. The van der Waals surface area contributed by atoms with Gasteiger partial charge in [-0.15, -0.1) is 0 Å². The molecule has 4 nitrogen and oxygen atoms in total. The van der Waals surface area contributed by atoms with E-state index in [-0.39, 0.29) is 5.97 Å². The van der Waals surface area contributed by atoms with Crippen molar-refractivity contribution in [2.45, 2.75) is 13.8 Å². The molecule has 5 heteroatoms. The predicted octanol–water partition coefficient (Wildman–Crippen LogP) is 2.79. The van der Waals surface area contributed by atoms with Crippen LogP contribution in [0.2, 0.25) is 5.02 Å². The molecule has 0 radical (unpaired) electrons. The number of aromatic amines is 1. The second kappa shape index (κ2) is 6.12. The van der Waals surface area contributed by atoms with Crippen LogP contribution in [0.5, 0.6) is 0 Å². The number of nitrogens with one attached hydrogen (secondary N) is 1. The second-order valence-corrected chi connectivity index (χ2v) is 3.46. The number of hydrogen-bond donors (Lipinski definition) is 1. The van der Waals surface area contributed by atoms with Crippen molar-refractivity contribution in [1.29, 1.82) is 0 Å². The smallest absolute Gasteiger partial charge is 0.302 e. The Morgan fingerprint density at radius 2 is 2.31 bits per heavy atom. The maximum Gasteiger partial charge on any atom is 0.302 e. The van der Waals surface area contributed by atoms with E-state index in [1.165, 1.54) is 6.92 Å². The fourth-order valence-electron chi connectivity index (χ4n) is 1.12. The molecule has 1 N–H and O–H groups in total. The van der Waals surface area contributed by atoms with Gasteiger partial charge < -0.3 is 4.74 Å². The highest BCUT2D eigenvalue weighted by atomic mass is 35.5. The number of carbonyl (C=O) groups excluding carboxylic acids is 1. The maximum atomic E-state index is 9.82. The number of ether oxygens (including phenoxy) is 1. The number of hydrogen-bond acceptors (Lipinski definition) is 3. The van der Waals surface area contributed by atoms with E-state index in [0.29, 0.717) is 6.61 Å². The largest absolute Gasteiger partial charge is 0.466 e. The molecule has 1 heterocycles. The van der Waals surface area contributed by atoms with Crippen LogP contribution in [0.25, 0.3) is 10.9 Å². The number of carbonyl (C=O) groups is 1. The Morgan fingerprint density at radius 1 is 1.56 bits per heavy atom. The van der Waals surface area contributed by atoms with Crippen LogP contribution in [0, 0.1) is 0 Å². The number of halogens is 1. The summed E-state index contributed by atoms with van der Waals surface area (Å²) in [6, 6.07) is 5.62. The van der Waals surface area contributed by atoms with Gasteiger partial charge >= 0.3 is 5.97 Å². The Labute approximate surface area is 98.6 Å². The Hall–Kier alpha value is -1.55. The van der Waals surface area contributed by atoms with Crippen molar-refractivity contribution >= 4 is 28.5 Å². The fourth-order valence-corrected chi connectivity index (χ4v) is 1.30. The van der Waals surface area contributed by atoms with Gasteiger partial charge in [-0.2, -0.15) is 5.10 Å². The first-order valence-electron chi connectivity index (χ1n) is 4.85. The number of fused-ring (bicyclic) bond motifs is 1. The summed E-state index contributed by atoms with van der Waals surface area (Å²) in [5.74, 6) is -0.211. The van der Waals surface area contributed by atoms with Crippen molar-refractivity contribution < 1.29 is 9.53 Å². The molecule has 2 aromatic rings. The van der Waals surface area contributed by atoms with Gasteiger partial charge in [0.2, 0.25) is 0 Å². The summed E-state index contributed by atoms with van der Waals surface area (Å²) in [7, 11) is 0. The number of benzene rings is 1. The fraction of sp³-hybridized carbons (Fsp3) is 0.273. The lowest BCUT2D eigenvalue weighted by Crippen LogP contribution is -1.95. The van der Waals surface area contributed by atoms with Gasteiger partial charge in [-0.05, 0) is 25.1 Å². The van der Waals surface area contributed by atoms with Crippen molar-refractivity contribution in [3.05, 3.63) is 29.4 Å². The number of nitrogens with zero attached hydrogens (tertiary/aromatic N) is 1.